The van der Waals surface area contributed by atoms with E-state index in [1.54, 1.807) is 27.6 Å². The lowest BCUT2D eigenvalue weighted by molar-refractivity contribution is -0.389. The van der Waals surface area contributed by atoms with Crippen LogP contribution in [0.5, 0.6) is 0 Å². The monoisotopic (exact) mass is 360 g/mol. The molecular weight excluding hydrogens is 348 g/mol. The number of thiophene rings is 2. The highest BCUT2D eigenvalue weighted by Gasteiger charge is 2.36. The summed E-state index contributed by atoms with van der Waals surface area (Å²) in [6, 6.07) is 5.77. The minimum absolute atomic E-state index is 0.000218. The molecule has 24 heavy (non-hydrogen) atoms. The maximum Gasteiger partial charge on any atom is 0.355 e. The molecule has 122 valence electrons. The summed E-state index contributed by atoms with van der Waals surface area (Å²) in [4.78, 5) is 27.5. The Morgan fingerprint density at radius 2 is 2.25 bits per heavy atom. The summed E-state index contributed by atoms with van der Waals surface area (Å²) in [6.45, 7) is 0.525. The lowest BCUT2D eigenvalue weighted by Gasteiger charge is -2.35. The van der Waals surface area contributed by atoms with Crippen molar-refractivity contribution in [2.45, 2.75) is 12.5 Å². The van der Waals surface area contributed by atoms with Crippen LogP contribution in [0.15, 0.2) is 35.2 Å². The molecular formula is C15H12N4O3S2. The minimum Gasteiger partial charge on any atom is -0.358 e. The van der Waals surface area contributed by atoms with E-state index in [-0.39, 0.29) is 23.3 Å². The van der Waals surface area contributed by atoms with Gasteiger partial charge in [0.25, 0.3) is 5.91 Å². The molecule has 0 saturated heterocycles. The Balaban J connectivity index is 1.78. The molecule has 0 aromatic carbocycles. The first-order valence-corrected chi connectivity index (χ1v) is 9.01. The zero-order chi connectivity index (χ0) is 16.7. The number of hydrogen-bond donors (Lipinski definition) is 1. The number of H-pyrrole nitrogens is 1. The molecule has 1 aliphatic heterocycles. The SMILES string of the molecule is O=C(c1cn[nH]c1[N+](=O)[O-])N1CCc2sccc2C1c1cccs1. The van der Waals surface area contributed by atoms with Gasteiger partial charge in [0.2, 0.25) is 0 Å². The number of nitrogens with one attached hydrogen (secondary N) is 1. The second-order valence-corrected chi connectivity index (χ2v) is 7.33. The highest BCUT2D eigenvalue weighted by Crippen LogP contribution is 2.40. The highest BCUT2D eigenvalue weighted by atomic mass is 32.1. The molecule has 0 aliphatic carbocycles. The van der Waals surface area contributed by atoms with Gasteiger partial charge in [-0.3, -0.25) is 4.79 Å². The molecule has 0 spiro atoms. The summed E-state index contributed by atoms with van der Waals surface area (Å²) >= 11 is 3.26. The summed E-state index contributed by atoms with van der Waals surface area (Å²) in [7, 11) is 0. The number of fused-ring (bicyclic) bond motifs is 1. The van der Waals surface area contributed by atoms with E-state index in [9.17, 15) is 14.9 Å². The summed E-state index contributed by atoms with van der Waals surface area (Å²) in [5, 5.41) is 21.1. The lowest BCUT2D eigenvalue weighted by Crippen LogP contribution is -2.39. The molecule has 4 heterocycles. The van der Waals surface area contributed by atoms with Gasteiger partial charge in [0.1, 0.15) is 0 Å². The van der Waals surface area contributed by atoms with Crippen LogP contribution < -0.4 is 0 Å². The van der Waals surface area contributed by atoms with Crippen molar-refractivity contribution in [1.82, 2.24) is 15.1 Å². The van der Waals surface area contributed by atoms with Crippen molar-refractivity contribution >= 4 is 34.4 Å². The maximum atomic E-state index is 13.0. The van der Waals surface area contributed by atoms with E-state index in [0.29, 0.717) is 6.54 Å². The van der Waals surface area contributed by atoms with Gasteiger partial charge in [0, 0.05) is 16.3 Å². The van der Waals surface area contributed by atoms with E-state index in [0.717, 1.165) is 16.9 Å². The van der Waals surface area contributed by atoms with Gasteiger partial charge in [-0.05, 0) is 39.8 Å². The van der Waals surface area contributed by atoms with E-state index in [4.69, 9.17) is 0 Å². The molecule has 1 atom stereocenters. The first-order chi connectivity index (χ1) is 11.7. The molecule has 0 fully saturated rings. The first kappa shape index (κ1) is 15.0. The second-order valence-electron chi connectivity index (χ2n) is 5.36. The van der Waals surface area contributed by atoms with Crippen LogP contribution in [0.1, 0.15) is 31.7 Å². The molecule has 7 nitrogen and oxygen atoms in total. The molecule has 0 saturated carbocycles. The average Bonchev–Trinajstić information content (AvgIpc) is 3.33. The third kappa shape index (κ3) is 2.33. The van der Waals surface area contributed by atoms with Crippen LogP contribution in [0.25, 0.3) is 0 Å². The highest BCUT2D eigenvalue weighted by molar-refractivity contribution is 7.10. The van der Waals surface area contributed by atoms with Gasteiger partial charge in [0.05, 0.1) is 12.2 Å². The Hall–Kier alpha value is -2.52. The molecule has 0 bridgehead atoms. The molecule has 9 heteroatoms. The number of carbonyl (C=O) groups is 1. The molecule has 1 amide bonds. The van der Waals surface area contributed by atoms with Crippen LogP contribution in [0.4, 0.5) is 5.82 Å². The van der Waals surface area contributed by atoms with Crippen LogP contribution in [-0.2, 0) is 6.42 Å². The van der Waals surface area contributed by atoms with E-state index in [1.165, 1.54) is 11.1 Å². The fourth-order valence-corrected chi connectivity index (χ4v) is 4.78. The smallest absolute Gasteiger partial charge is 0.355 e. The van der Waals surface area contributed by atoms with Crippen molar-refractivity contribution in [3.05, 3.63) is 66.2 Å². The number of carbonyl (C=O) groups excluding carboxylic acids is 1. The zero-order valence-corrected chi connectivity index (χ0v) is 14.0. The van der Waals surface area contributed by atoms with Crippen LogP contribution in [-0.4, -0.2) is 32.5 Å². The molecule has 1 unspecified atom stereocenters. The van der Waals surface area contributed by atoms with Crippen molar-refractivity contribution in [2.24, 2.45) is 0 Å². The predicted molar refractivity (Wildman–Crippen MR) is 90.5 cm³/mol. The number of nitrogens with zero attached hydrogens (tertiary/aromatic N) is 3. The average molecular weight is 360 g/mol. The van der Waals surface area contributed by atoms with Gasteiger partial charge >= 0.3 is 5.82 Å². The van der Waals surface area contributed by atoms with Gasteiger partial charge in [-0.2, -0.15) is 0 Å². The number of amides is 1. The van der Waals surface area contributed by atoms with Crippen LogP contribution in [0.3, 0.4) is 0 Å². The second kappa shape index (κ2) is 5.84. The topological polar surface area (TPSA) is 92.1 Å². The predicted octanol–water partition coefficient (Wildman–Crippen LogP) is 3.23. The largest absolute Gasteiger partial charge is 0.358 e. The van der Waals surface area contributed by atoms with E-state index < -0.39 is 4.92 Å². The lowest BCUT2D eigenvalue weighted by atomic mass is 9.97. The Labute approximate surface area is 144 Å². The molecule has 3 aromatic rings. The fraction of sp³-hybridized carbons (Fsp3) is 0.200. The summed E-state index contributed by atoms with van der Waals surface area (Å²) in [5.74, 6) is -0.730. The maximum absolute atomic E-state index is 13.0. The Morgan fingerprint density at radius 3 is 3.00 bits per heavy atom. The summed E-state index contributed by atoms with van der Waals surface area (Å²) < 4.78 is 0. The quantitative estimate of drug-likeness (QED) is 0.573. The van der Waals surface area contributed by atoms with E-state index >= 15 is 0 Å². The Bertz CT molecular complexity index is 900. The molecule has 3 aromatic heterocycles. The third-order valence-corrected chi connectivity index (χ3v) is 5.99. The van der Waals surface area contributed by atoms with Crippen molar-refractivity contribution in [3.63, 3.8) is 0 Å². The third-order valence-electron chi connectivity index (χ3n) is 4.07. The van der Waals surface area contributed by atoms with Crippen molar-refractivity contribution in [1.29, 1.82) is 0 Å². The first-order valence-electron chi connectivity index (χ1n) is 7.25. The number of aromatic amines is 1. The standard InChI is InChI=1S/C15H12N4O3S2/c20-15(10-8-16-17-14(10)19(21)22)18-5-3-11-9(4-7-24-11)13(18)12-2-1-6-23-12/h1-2,4,6-8,13H,3,5H2,(H,16,17). The van der Waals surface area contributed by atoms with Crippen molar-refractivity contribution in [2.75, 3.05) is 6.54 Å². The van der Waals surface area contributed by atoms with E-state index in [2.05, 4.69) is 10.2 Å². The summed E-state index contributed by atoms with van der Waals surface area (Å²) in [5.41, 5.74) is 1.11. The Kier molecular flexibility index (Phi) is 3.66. The minimum atomic E-state index is -0.611. The number of hydrogen-bond acceptors (Lipinski definition) is 6. The van der Waals surface area contributed by atoms with Gasteiger partial charge in [-0.25, -0.2) is 0 Å². The summed E-state index contributed by atoms with van der Waals surface area (Å²) in [6.07, 6.45) is 1.99. The number of rotatable bonds is 3. The van der Waals surface area contributed by atoms with Crippen LogP contribution in [0.2, 0.25) is 0 Å². The fourth-order valence-electron chi connectivity index (χ4n) is 3.02. The normalized spacial score (nSPS) is 16.8. The number of aromatic nitrogens is 2. The Morgan fingerprint density at radius 1 is 1.38 bits per heavy atom. The molecule has 1 aliphatic rings. The van der Waals surface area contributed by atoms with Crippen LogP contribution >= 0.6 is 22.7 Å². The van der Waals surface area contributed by atoms with Gasteiger partial charge < -0.3 is 15.0 Å². The van der Waals surface area contributed by atoms with Gasteiger partial charge in [-0.1, -0.05) is 11.2 Å². The molecule has 4 rings (SSSR count). The zero-order valence-electron chi connectivity index (χ0n) is 12.3. The van der Waals surface area contributed by atoms with Gasteiger partial charge in [-0.15, -0.1) is 27.8 Å². The van der Waals surface area contributed by atoms with Crippen molar-refractivity contribution < 1.29 is 9.72 Å². The molecule has 1 N–H and O–H groups in total. The molecule has 0 radical (unpaired) electrons. The van der Waals surface area contributed by atoms with Crippen molar-refractivity contribution in [3.8, 4) is 0 Å². The van der Waals surface area contributed by atoms with E-state index in [1.807, 2.05) is 29.0 Å². The number of nitro groups is 1. The van der Waals surface area contributed by atoms with Gasteiger partial charge in [0.15, 0.2) is 5.56 Å². The van der Waals surface area contributed by atoms with Crippen LogP contribution in [0, 0.1) is 10.1 Å².